The normalized spacial score (nSPS) is 14.7. The molecule has 0 saturated heterocycles. The summed E-state index contributed by atoms with van der Waals surface area (Å²) in [5, 5.41) is 20.5. The molecule has 5 rings (SSSR count). The Morgan fingerprint density at radius 1 is 1.12 bits per heavy atom. The third-order valence-corrected chi connectivity index (χ3v) is 7.31. The van der Waals surface area contributed by atoms with Crippen molar-refractivity contribution in [3.05, 3.63) is 71.7 Å². The smallest absolute Gasteiger partial charge is 0.326 e. The Balaban J connectivity index is 1.12. The number of carbonyl (C=O) groups is 2. The first kappa shape index (κ1) is 27.4. The Kier molecular flexibility index (Phi) is 8.75. The molecule has 0 aliphatic heterocycles. The van der Waals surface area contributed by atoms with E-state index in [2.05, 4.69) is 20.7 Å². The van der Waals surface area contributed by atoms with Gasteiger partial charge in [0.1, 0.15) is 29.7 Å². The molecule has 10 heteroatoms. The summed E-state index contributed by atoms with van der Waals surface area (Å²) in [7, 11) is 1.72. The van der Waals surface area contributed by atoms with Gasteiger partial charge in [-0.1, -0.05) is 43.5 Å². The Hall–Kier alpha value is -4.18. The van der Waals surface area contributed by atoms with Gasteiger partial charge in [-0.05, 0) is 42.7 Å². The molecule has 3 N–H and O–H groups in total. The second kappa shape index (κ2) is 12.8. The summed E-state index contributed by atoms with van der Waals surface area (Å²) in [5.41, 5.74) is 2.91. The lowest BCUT2D eigenvalue weighted by atomic mass is 9.84. The van der Waals surface area contributed by atoms with Crippen molar-refractivity contribution < 1.29 is 23.8 Å². The maximum Gasteiger partial charge on any atom is 0.326 e. The molecule has 1 saturated carbocycles. The third kappa shape index (κ3) is 6.69. The van der Waals surface area contributed by atoms with Crippen molar-refractivity contribution in [2.75, 3.05) is 18.5 Å². The molecule has 2 heterocycles. The van der Waals surface area contributed by atoms with Crippen LogP contribution in [0.15, 0.2) is 59.1 Å². The number of fused-ring (bicyclic) bond motifs is 1. The lowest BCUT2D eigenvalue weighted by molar-refractivity contribution is -0.137. The number of Topliss-reactive ketones (excluding diaryl/α,β-unsaturated/α-hetero) is 1. The van der Waals surface area contributed by atoms with Crippen LogP contribution in [0.3, 0.4) is 0 Å². The van der Waals surface area contributed by atoms with Crippen molar-refractivity contribution in [2.45, 2.75) is 51.1 Å². The minimum atomic E-state index is -0.998. The molecule has 2 aromatic carbocycles. The van der Waals surface area contributed by atoms with Gasteiger partial charge in [0.15, 0.2) is 11.4 Å². The van der Waals surface area contributed by atoms with Crippen LogP contribution >= 0.6 is 0 Å². The number of hydrogen-bond donors (Lipinski definition) is 3. The molecule has 2 aromatic heterocycles. The highest BCUT2D eigenvalue weighted by molar-refractivity contribution is 6.02. The van der Waals surface area contributed by atoms with Crippen molar-refractivity contribution in [2.24, 2.45) is 13.0 Å². The number of rotatable bonds is 13. The van der Waals surface area contributed by atoms with Gasteiger partial charge in [0.2, 0.25) is 5.89 Å². The fourth-order valence-electron chi connectivity index (χ4n) is 5.13. The van der Waals surface area contributed by atoms with Crippen molar-refractivity contribution in [1.29, 1.82) is 0 Å². The molecule has 0 amide bonds. The number of hydrogen-bond acceptors (Lipinski definition) is 8. The minimum Gasteiger partial charge on any atom is -0.492 e. The zero-order valence-corrected chi connectivity index (χ0v) is 22.6. The van der Waals surface area contributed by atoms with Crippen LogP contribution in [0.5, 0.6) is 5.75 Å². The van der Waals surface area contributed by atoms with Gasteiger partial charge in [-0.25, -0.2) is 9.78 Å². The number of aromatic nitrogens is 3. The summed E-state index contributed by atoms with van der Waals surface area (Å²) < 4.78 is 13.1. The molecule has 0 radical (unpaired) electrons. The molecule has 1 atom stereocenters. The van der Waals surface area contributed by atoms with Crippen LogP contribution in [0.4, 0.5) is 5.82 Å². The van der Waals surface area contributed by atoms with Gasteiger partial charge in [0.25, 0.3) is 0 Å². The van der Waals surface area contributed by atoms with E-state index in [1.165, 1.54) is 0 Å². The highest BCUT2D eigenvalue weighted by Gasteiger charge is 2.28. The van der Waals surface area contributed by atoms with E-state index in [0.29, 0.717) is 42.7 Å². The fourth-order valence-corrected chi connectivity index (χ4v) is 5.13. The second-order valence-corrected chi connectivity index (χ2v) is 10.2. The number of carboxylic acids is 1. The van der Waals surface area contributed by atoms with E-state index in [1.54, 1.807) is 17.9 Å². The Morgan fingerprint density at radius 2 is 1.90 bits per heavy atom. The van der Waals surface area contributed by atoms with Crippen molar-refractivity contribution in [3.8, 4) is 5.75 Å². The van der Waals surface area contributed by atoms with E-state index in [0.717, 1.165) is 48.8 Å². The molecule has 1 fully saturated rings. The fraction of sp³-hybridized carbons (Fsp3) is 0.400. The van der Waals surface area contributed by atoms with Crippen LogP contribution in [-0.2, 0) is 24.8 Å². The van der Waals surface area contributed by atoms with E-state index < -0.39 is 12.0 Å². The number of oxazole rings is 1. The van der Waals surface area contributed by atoms with E-state index in [1.807, 2.05) is 48.5 Å². The van der Waals surface area contributed by atoms with Crippen LogP contribution in [0.2, 0.25) is 0 Å². The average Bonchev–Trinajstić information content (AvgIpc) is 3.56. The lowest BCUT2D eigenvalue weighted by Gasteiger charge is -2.21. The van der Waals surface area contributed by atoms with Crippen molar-refractivity contribution in [1.82, 2.24) is 20.1 Å². The van der Waals surface area contributed by atoms with Crippen molar-refractivity contribution >= 4 is 28.7 Å². The number of ketones is 1. The quantitative estimate of drug-likeness (QED) is 0.163. The monoisotopic (exact) mass is 545 g/mol. The number of carboxylic acid groups (broad SMARTS) is 1. The second-order valence-electron chi connectivity index (χ2n) is 10.2. The SMILES string of the molecule is Cn1ncc(C(=O)C2CCCCC2)c1NC(Cc1ccc(OCCNCc2nc3ccccc3o2)cc1)C(=O)O. The Labute approximate surface area is 232 Å². The Morgan fingerprint density at radius 3 is 2.65 bits per heavy atom. The zero-order valence-electron chi connectivity index (χ0n) is 22.6. The van der Waals surface area contributed by atoms with E-state index in [-0.39, 0.29) is 18.1 Å². The number of nitrogens with one attached hydrogen (secondary N) is 2. The molecule has 40 heavy (non-hydrogen) atoms. The number of ether oxygens (including phenoxy) is 1. The third-order valence-electron chi connectivity index (χ3n) is 7.31. The number of benzene rings is 2. The molecule has 10 nitrogen and oxygen atoms in total. The summed E-state index contributed by atoms with van der Waals surface area (Å²) in [4.78, 5) is 29.7. The molecule has 4 aromatic rings. The predicted octanol–water partition coefficient (Wildman–Crippen LogP) is 4.60. The largest absolute Gasteiger partial charge is 0.492 e. The predicted molar refractivity (Wildman–Crippen MR) is 151 cm³/mol. The number of para-hydroxylation sites is 2. The zero-order chi connectivity index (χ0) is 27.9. The van der Waals surface area contributed by atoms with Crippen LogP contribution in [-0.4, -0.2) is 50.8 Å². The highest BCUT2D eigenvalue weighted by Crippen LogP contribution is 2.29. The first-order valence-electron chi connectivity index (χ1n) is 13.8. The highest BCUT2D eigenvalue weighted by atomic mass is 16.5. The lowest BCUT2D eigenvalue weighted by Crippen LogP contribution is -2.33. The van der Waals surface area contributed by atoms with Crippen LogP contribution < -0.4 is 15.4 Å². The van der Waals surface area contributed by atoms with Gasteiger partial charge in [-0.3, -0.25) is 9.48 Å². The van der Waals surface area contributed by atoms with Gasteiger partial charge in [0, 0.05) is 25.9 Å². The summed E-state index contributed by atoms with van der Waals surface area (Å²) in [6.07, 6.45) is 6.79. The van der Waals surface area contributed by atoms with E-state index >= 15 is 0 Å². The minimum absolute atomic E-state index is 0.0218. The van der Waals surface area contributed by atoms with Gasteiger partial charge in [-0.15, -0.1) is 0 Å². The average molecular weight is 546 g/mol. The molecule has 0 bridgehead atoms. The van der Waals surface area contributed by atoms with Crippen LogP contribution in [0.1, 0.15) is 53.9 Å². The van der Waals surface area contributed by atoms with Crippen LogP contribution in [0, 0.1) is 5.92 Å². The Bertz CT molecular complexity index is 1410. The number of aliphatic carboxylic acids is 1. The topological polar surface area (TPSA) is 132 Å². The molecule has 0 spiro atoms. The van der Waals surface area contributed by atoms with Gasteiger partial charge < -0.3 is 24.9 Å². The van der Waals surface area contributed by atoms with E-state index in [9.17, 15) is 14.7 Å². The molecular weight excluding hydrogens is 510 g/mol. The number of nitrogens with zero attached hydrogens (tertiary/aromatic N) is 3. The van der Waals surface area contributed by atoms with Gasteiger partial charge in [0.05, 0.1) is 18.3 Å². The molecule has 1 aliphatic rings. The number of anilines is 1. The molecule has 1 unspecified atom stereocenters. The summed E-state index contributed by atoms with van der Waals surface area (Å²) in [6.45, 7) is 1.57. The maximum atomic E-state index is 13.2. The summed E-state index contributed by atoms with van der Waals surface area (Å²) in [6, 6.07) is 14.1. The summed E-state index contributed by atoms with van der Waals surface area (Å²) in [5.74, 6) is 0.801. The molecular formula is C30H35N5O5. The number of carbonyl (C=O) groups excluding carboxylic acids is 1. The molecule has 210 valence electrons. The van der Waals surface area contributed by atoms with E-state index in [4.69, 9.17) is 9.15 Å². The standard InChI is InChI=1S/C30H35N5O5/c1-35-29(23(18-32-35)28(36)21-7-3-2-4-8-21)34-25(30(37)38)17-20-11-13-22(14-12-20)39-16-15-31-19-27-33-24-9-5-6-10-26(24)40-27/h5-6,9-14,18,21,25,31,34H,2-4,7-8,15-17,19H2,1H3,(H,37,38). The first-order chi connectivity index (χ1) is 19.5. The van der Waals surface area contributed by atoms with Crippen LogP contribution in [0.25, 0.3) is 11.1 Å². The number of aryl methyl sites for hydroxylation is 1. The first-order valence-corrected chi connectivity index (χ1v) is 13.8. The van der Waals surface area contributed by atoms with Gasteiger partial charge in [-0.2, -0.15) is 5.10 Å². The van der Waals surface area contributed by atoms with Crippen molar-refractivity contribution in [3.63, 3.8) is 0 Å². The molecule has 1 aliphatic carbocycles. The summed E-state index contributed by atoms with van der Waals surface area (Å²) >= 11 is 0. The maximum absolute atomic E-state index is 13.2. The van der Waals surface area contributed by atoms with Gasteiger partial charge >= 0.3 is 5.97 Å².